The number of hydrogen-bond donors (Lipinski definition) is 0. The number of fused-ring (bicyclic) bond motifs is 1. The van der Waals surface area contributed by atoms with Crippen molar-refractivity contribution in [1.29, 1.82) is 5.26 Å². The standard InChI is InChI=1S/C12H9N5/c13-7-10-8-17-12(15-14-10)6-11(16-17)9-4-2-1-3-5-9/h1-6,10H,8H2. The van der Waals surface area contributed by atoms with Crippen LogP contribution in [0.25, 0.3) is 11.3 Å². The Bertz CT molecular complexity index is 606. The largest absolute Gasteiger partial charge is 0.242 e. The lowest BCUT2D eigenvalue weighted by Gasteiger charge is -2.09. The first kappa shape index (κ1) is 9.73. The van der Waals surface area contributed by atoms with Gasteiger partial charge in [0.2, 0.25) is 0 Å². The molecule has 1 aliphatic rings. The maximum atomic E-state index is 8.80. The molecule has 1 aliphatic heterocycles. The molecule has 0 aliphatic carbocycles. The summed E-state index contributed by atoms with van der Waals surface area (Å²) in [5.41, 5.74) is 1.90. The molecular weight excluding hydrogens is 214 g/mol. The minimum atomic E-state index is -0.425. The van der Waals surface area contributed by atoms with Crippen molar-refractivity contribution in [2.24, 2.45) is 10.2 Å². The zero-order chi connectivity index (χ0) is 11.7. The minimum absolute atomic E-state index is 0.425. The Morgan fingerprint density at radius 1 is 1.29 bits per heavy atom. The smallest absolute Gasteiger partial charge is 0.177 e. The number of hydrogen-bond acceptors (Lipinski definition) is 4. The van der Waals surface area contributed by atoms with Crippen molar-refractivity contribution in [2.75, 3.05) is 0 Å². The Hall–Kier alpha value is -2.48. The molecule has 2 aromatic rings. The van der Waals surface area contributed by atoms with Gasteiger partial charge in [0.1, 0.15) is 0 Å². The summed E-state index contributed by atoms with van der Waals surface area (Å²) < 4.78 is 1.73. The molecule has 0 saturated heterocycles. The van der Waals surface area contributed by atoms with Crippen molar-refractivity contribution in [3.8, 4) is 17.3 Å². The average Bonchev–Trinajstić information content (AvgIpc) is 2.82. The van der Waals surface area contributed by atoms with E-state index in [1.807, 2.05) is 36.4 Å². The molecule has 1 aromatic heterocycles. The highest BCUT2D eigenvalue weighted by Gasteiger charge is 2.17. The molecule has 0 bridgehead atoms. The summed E-state index contributed by atoms with van der Waals surface area (Å²) in [5, 5.41) is 21.1. The zero-order valence-electron chi connectivity index (χ0n) is 8.98. The van der Waals surface area contributed by atoms with Gasteiger partial charge < -0.3 is 0 Å². The van der Waals surface area contributed by atoms with Crippen LogP contribution in [0.5, 0.6) is 0 Å². The number of aromatic nitrogens is 2. The van der Waals surface area contributed by atoms with Gasteiger partial charge in [-0.25, -0.2) is 4.68 Å². The number of benzene rings is 1. The van der Waals surface area contributed by atoms with Gasteiger partial charge >= 0.3 is 0 Å². The van der Waals surface area contributed by atoms with Gasteiger partial charge in [-0.3, -0.25) is 0 Å². The Morgan fingerprint density at radius 3 is 2.88 bits per heavy atom. The van der Waals surface area contributed by atoms with Crippen LogP contribution in [0.15, 0.2) is 46.6 Å². The van der Waals surface area contributed by atoms with Gasteiger partial charge in [-0.2, -0.15) is 15.5 Å². The first-order valence-electron chi connectivity index (χ1n) is 5.30. The van der Waals surface area contributed by atoms with E-state index in [1.165, 1.54) is 0 Å². The molecule has 2 heterocycles. The fourth-order valence-corrected chi connectivity index (χ4v) is 1.77. The van der Waals surface area contributed by atoms with E-state index in [1.54, 1.807) is 4.68 Å². The van der Waals surface area contributed by atoms with Crippen LogP contribution >= 0.6 is 0 Å². The first-order valence-corrected chi connectivity index (χ1v) is 5.30. The van der Waals surface area contributed by atoms with Crippen LogP contribution in [0.2, 0.25) is 0 Å². The normalized spacial score (nSPS) is 17.5. The third-order valence-corrected chi connectivity index (χ3v) is 2.62. The number of nitrogens with zero attached hydrogens (tertiary/aromatic N) is 5. The molecule has 0 radical (unpaired) electrons. The molecule has 1 aromatic carbocycles. The molecule has 1 unspecified atom stereocenters. The molecule has 17 heavy (non-hydrogen) atoms. The SMILES string of the molecule is N#CC1Cn2nc(-c3ccccc3)cc2N=N1. The molecule has 3 rings (SSSR count). The average molecular weight is 223 g/mol. The second-order valence-corrected chi connectivity index (χ2v) is 3.80. The van der Waals surface area contributed by atoms with Gasteiger partial charge in [-0.1, -0.05) is 30.3 Å². The molecule has 0 N–H and O–H groups in total. The number of rotatable bonds is 1. The number of azo groups is 1. The van der Waals surface area contributed by atoms with E-state index in [2.05, 4.69) is 21.4 Å². The van der Waals surface area contributed by atoms with E-state index in [9.17, 15) is 0 Å². The highest BCUT2D eigenvalue weighted by molar-refractivity contribution is 5.61. The van der Waals surface area contributed by atoms with Crippen molar-refractivity contribution in [2.45, 2.75) is 12.6 Å². The third kappa shape index (κ3) is 1.70. The Balaban J connectivity index is 2.00. The fraction of sp³-hybridized carbons (Fsp3) is 0.167. The Morgan fingerprint density at radius 2 is 2.12 bits per heavy atom. The summed E-state index contributed by atoms with van der Waals surface area (Å²) in [7, 11) is 0. The van der Waals surface area contributed by atoms with Gasteiger partial charge in [-0.05, 0) is 0 Å². The highest BCUT2D eigenvalue weighted by Crippen LogP contribution is 2.26. The van der Waals surface area contributed by atoms with E-state index in [0.29, 0.717) is 12.4 Å². The molecule has 82 valence electrons. The molecule has 5 nitrogen and oxygen atoms in total. The van der Waals surface area contributed by atoms with Crippen molar-refractivity contribution >= 4 is 5.82 Å². The van der Waals surface area contributed by atoms with E-state index in [-0.39, 0.29) is 0 Å². The lowest BCUT2D eigenvalue weighted by atomic mass is 10.2. The van der Waals surface area contributed by atoms with Crippen LogP contribution in [0.1, 0.15) is 0 Å². The van der Waals surface area contributed by atoms with Crippen LogP contribution in [0, 0.1) is 11.3 Å². The van der Waals surface area contributed by atoms with Gasteiger partial charge in [0.15, 0.2) is 11.9 Å². The number of nitriles is 1. The minimum Gasteiger partial charge on any atom is -0.242 e. The molecule has 1 atom stereocenters. The van der Waals surface area contributed by atoms with Crippen molar-refractivity contribution in [3.05, 3.63) is 36.4 Å². The summed E-state index contributed by atoms with van der Waals surface area (Å²) in [5.74, 6) is 0.704. The fourth-order valence-electron chi connectivity index (χ4n) is 1.77. The van der Waals surface area contributed by atoms with E-state index in [4.69, 9.17) is 5.26 Å². The Labute approximate surface area is 98.0 Å². The van der Waals surface area contributed by atoms with Crippen LogP contribution in [0.3, 0.4) is 0 Å². The second kappa shape index (κ2) is 3.83. The molecule has 5 heteroatoms. The second-order valence-electron chi connectivity index (χ2n) is 3.80. The lowest BCUT2D eigenvalue weighted by molar-refractivity contribution is 0.536. The summed E-state index contributed by atoms with van der Waals surface area (Å²) in [6.07, 6.45) is 0. The topological polar surface area (TPSA) is 66.3 Å². The van der Waals surface area contributed by atoms with Crippen LogP contribution in [-0.4, -0.2) is 15.8 Å². The predicted octanol–water partition coefficient (Wildman–Crippen LogP) is 2.54. The highest BCUT2D eigenvalue weighted by atomic mass is 15.4. The van der Waals surface area contributed by atoms with Crippen LogP contribution in [-0.2, 0) is 6.54 Å². The van der Waals surface area contributed by atoms with Crippen molar-refractivity contribution < 1.29 is 0 Å². The maximum Gasteiger partial charge on any atom is 0.177 e. The summed E-state index contributed by atoms with van der Waals surface area (Å²) in [6, 6.07) is 13.4. The van der Waals surface area contributed by atoms with Crippen LogP contribution in [0.4, 0.5) is 5.82 Å². The van der Waals surface area contributed by atoms with Gasteiger partial charge in [0.25, 0.3) is 0 Å². The molecular formula is C12H9N5. The van der Waals surface area contributed by atoms with Gasteiger partial charge in [0.05, 0.1) is 18.3 Å². The monoisotopic (exact) mass is 223 g/mol. The summed E-state index contributed by atoms with van der Waals surface area (Å²) >= 11 is 0. The van der Waals surface area contributed by atoms with Gasteiger partial charge in [-0.15, -0.1) is 5.11 Å². The Kier molecular flexibility index (Phi) is 2.19. The molecule has 0 fully saturated rings. The van der Waals surface area contributed by atoms with Crippen molar-refractivity contribution in [1.82, 2.24) is 9.78 Å². The quantitative estimate of drug-likeness (QED) is 0.745. The lowest BCUT2D eigenvalue weighted by Crippen LogP contribution is -2.15. The van der Waals surface area contributed by atoms with E-state index in [0.717, 1.165) is 11.3 Å². The molecule has 0 spiro atoms. The molecule has 0 amide bonds. The van der Waals surface area contributed by atoms with E-state index < -0.39 is 6.04 Å². The first-order chi connectivity index (χ1) is 8.36. The summed E-state index contributed by atoms with van der Waals surface area (Å²) in [6.45, 7) is 0.474. The zero-order valence-corrected chi connectivity index (χ0v) is 8.98. The third-order valence-electron chi connectivity index (χ3n) is 2.62. The van der Waals surface area contributed by atoms with Crippen molar-refractivity contribution in [3.63, 3.8) is 0 Å². The summed E-state index contributed by atoms with van der Waals surface area (Å²) in [4.78, 5) is 0. The maximum absolute atomic E-state index is 8.80. The molecule has 0 saturated carbocycles. The van der Waals surface area contributed by atoms with Crippen LogP contribution < -0.4 is 0 Å². The van der Waals surface area contributed by atoms with Gasteiger partial charge in [0, 0.05) is 11.6 Å². The predicted molar refractivity (Wildman–Crippen MR) is 61.6 cm³/mol. The van der Waals surface area contributed by atoms with E-state index >= 15 is 0 Å².